The third-order valence-corrected chi connectivity index (χ3v) is 8.15. The first-order valence-electron chi connectivity index (χ1n) is 14.1. The summed E-state index contributed by atoms with van der Waals surface area (Å²) >= 11 is 5.54. The number of pyridine rings is 1. The number of aromatic nitrogens is 7. The van der Waals surface area contributed by atoms with Crippen molar-refractivity contribution < 1.29 is 8.78 Å². The van der Waals surface area contributed by atoms with Crippen molar-refractivity contribution in [3.05, 3.63) is 77.9 Å². The SMILES string of the molecule is Cc1nc2c(F)cc(-c3nc(Nc4ccc5c(n4)CCN(CCN(C)C(=S)n4ccnc4)C5)ncc3F)cc2n1C(C)C. The highest BCUT2D eigenvalue weighted by Gasteiger charge is 2.21. The van der Waals surface area contributed by atoms with E-state index in [1.54, 1.807) is 18.6 Å². The minimum absolute atomic E-state index is 0.00134. The Kier molecular flexibility index (Phi) is 7.84. The van der Waals surface area contributed by atoms with Gasteiger partial charge < -0.3 is 14.8 Å². The first kappa shape index (κ1) is 28.7. The van der Waals surface area contributed by atoms with Crippen LogP contribution >= 0.6 is 12.2 Å². The van der Waals surface area contributed by atoms with E-state index < -0.39 is 11.6 Å². The Hall–Kier alpha value is -4.36. The van der Waals surface area contributed by atoms with Gasteiger partial charge in [0.1, 0.15) is 29.2 Å². The van der Waals surface area contributed by atoms with Crippen molar-refractivity contribution >= 4 is 40.1 Å². The maximum atomic E-state index is 15.1. The van der Waals surface area contributed by atoms with Gasteiger partial charge >= 0.3 is 0 Å². The minimum atomic E-state index is -0.647. The van der Waals surface area contributed by atoms with Crippen LogP contribution < -0.4 is 5.32 Å². The van der Waals surface area contributed by atoms with Gasteiger partial charge in [0.05, 0.1) is 11.7 Å². The molecular weight excluding hydrogens is 570 g/mol. The molecule has 0 amide bonds. The molecule has 222 valence electrons. The molecule has 13 heteroatoms. The van der Waals surface area contributed by atoms with E-state index in [1.807, 2.05) is 60.2 Å². The third kappa shape index (κ3) is 5.82. The van der Waals surface area contributed by atoms with Gasteiger partial charge in [0.2, 0.25) is 5.95 Å². The lowest BCUT2D eigenvalue weighted by Gasteiger charge is -2.30. The van der Waals surface area contributed by atoms with E-state index in [9.17, 15) is 4.39 Å². The number of likely N-dealkylation sites (N-methyl/N-ethyl adjacent to an activating group) is 1. The van der Waals surface area contributed by atoms with Crippen molar-refractivity contribution in [2.24, 2.45) is 0 Å². The number of thiocarbonyl (C=S) groups is 1. The Balaban J connectivity index is 1.16. The second-order valence-electron chi connectivity index (χ2n) is 11.0. The standard InChI is InChI=1S/C30H32F2N10S/c1-18(2)42-19(3)35-28-22(31)13-21(14-25(28)42)27-23(32)15-34-29(38-27)37-26-6-5-20-16-40(9-7-24(20)36-26)12-11-39(4)30(43)41-10-8-33-17-41/h5-6,8,10,13-15,17-18H,7,9,11-12,16H2,1-4H3,(H,34,36,37,38). The van der Waals surface area contributed by atoms with Gasteiger partial charge in [-0.1, -0.05) is 6.07 Å². The summed E-state index contributed by atoms with van der Waals surface area (Å²) in [7, 11) is 1.99. The van der Waals surface area contributed by atoms with Gasteiger partial charge in [0.25, 0.3) is 0 Å². The van der Waals surface area contributed by atoms with Crippen molar-refractivity contribution in [2.45, 2.75) is 39.8 Å². The monoisotopic (exact) mass is 602 g/mol. The van der Waals surface area contributed by atoms with Crippen LogP contribution in [0.2, 0.25) is 0 Å². The molecule has 4 aromatic heterocycles. The minimum Gasteiger partial charge on any atom is -0.350 e. The fourth-order valence-electron chi connectivity index (χ4n) is 5.49. The van der Waals surface area contributed by atoms with Crippen molar-refractivity contribution in [3.8, 4) is 11.3 Å². The van der Waals surface area contributed by atoms with E-state index in [2.05, 4.69) is 30.2 Å². The van der Waals surface area contributed by atoms with Crippen LogP contribution in [0.1, 0.15) is 37.0 Å². The Morgan fingerprint density at radius 3 is 2.74 bits per heavy atom. The van der Waals surface area contributed by atoms with E-state index in [1.165, 1.54) is 6.07 Å². The van der Waals surface area contributed by atoms with E-state index in [-0.39, 0.29) is 23.2 Å². The molecule has 0 unspecified atom stereocenters. The molecule has 0 atom stereocenters. The van der Waals surface area contributed by atoms with Crippen LogP contribution in [0, 0.1) is 18.6 Å². The summed E-state index contributed by atoms with van der Waals surface area (Å²) in [6, 6.07) is 6.95. The maximum absolute atomic E-state index is 15.1. The van der Waals surface area contributed by atoms with Gasteiger partial charge in [-0.25, -0.2) is 33.7 Å². The number of halogens is 2. The van der Waals surface area contributed by atoms with Crippen molar-refractivity contribution in [1.82, 2.24) is 43.9 Å². The summed E-state index contributed by atoms with van der Waals surface area (Å²) in [4.78, 5) is 26.2. The van der Waals surface area contributed by atoms with Gasteiger partial charge in [-0.2, -0.15) is 0 Å². The molecule has 0 aliphatic carbocycles. The lowest BCUT2D eigenvalue weighted by Crippen LogP contribution is -2.40. The molecule has 10 nitrogen and oxygen atoms in total. The summed E-state index contributed by atoms with van der Waals surface area (Å²) in [5.74, 6) is 0.250. The third-order valence-electron chi connectivity index (χ3n) is 7.63. The summed E-state index contributed by atoms with van der Waals surface area (Å²) in [6.07, 6.45) is 7.13. The van der Waals surface area contributed by atoms with Gasteiger partial charge in [0.15, 0.2) is 16.7 Å². The number of nitrogens with one attached hydrogen (secondary N) is 1. The zero-order valence-electron chi connectivity index (χ0n) is 24.4. The lowest BCUT2D eigenvalue weighted by molar-refractivity contribution is 0.236. The average Bonchev–Trinajstić information content (AvgIpc) is 3.64. The number of rotatable bonds is 7. The zero-order chi connectivity index (χ0) is 30.2. The van der Waals surface area contributed by atoms with Gasteiger partial charge in [-0.05, 0) is 56.8 Å². The van der Waals surface area contributed by atoms with Crippen LogP contribution in [-0.4, -0.2) is 75.6 Å². The van der Waals surface area contributed by atoms with Gasteiger partial charge in [-0.3, -0.25) is 9.47 Å². The molecule has 0 saturated heterocycles. The molecule has 1 aromatic carbocycles. The second-order valence-corrected chi connectivity index (χ2v) is 11.3. The van der Waals surface area contributed by atoms with E-state index in [0.717, 1.165) is 50.1 Å². The van der Waals surface area contributed by atoms with Crippen LogP contribution in [-0.2, 0) is 13.0 Å². The van der Waals surface area contributed by atoms with Crippen LogP contribution in [0.3, 0.4) is 0 Å². The Morgan fingerprint density at radius 2 is 1.98 bits per heavy atom. The number of anilines is 2. The first-order valence-corrected chi connectivity index (χ1v) is 14.5. The molecule has 1 aliphatic rings. The molecule has 0 bridgehead atoms. The molecule has 5 heterocycles. The summed E-state index contributed by atoms with van der Waals surface area (Å²) in [5, 5.41) is 3.81. The van der Waals surface area contributed by atoms with E-state index >= 15 is 4.39 Å². The summed E-state index contributed by atoms with van der Waals surface area (Å²) in [6.45, 7) is 9.12. The highest BCUT2D eigenvalue weighted by molar-refractivity contribution is 7.80. The molecule has 43 heavy (non-hydrogen) atoms. The van der Waals surface area contributed by atoms with Crippen LogP contribution in [0.4, 0.5) is 20.5 Å². The molecule has 0 spiro atoms. The van der Waals surface area contributed by atoms with Gasteiger partial charge in [0, 0.05) is 69.3 Å². The highest BCUT2D eigenvalue weighted by Crippen LogP contribution is 2.30. The molecule has 5 aromatic rings. The number of hydrogen-bond acceptors (Lipinski definition) is 8. The molecule has 6 rings (SSSR count). The number of imidazole rings is 2. The molecule has 1 N–H and O–H groups in total. The summed E-state index contributed by atoms with van der Waals surface area (Å²) in [5.41, 5.74) is 3.30. The molecule has 0 radical (unpaired) electrons. The number of nitrogens with zero attached hydrogens (tertiary/aromatic N) is 9. The normalized spacial score (nSPS) is 13.5. The molecule has 0 saturated carbocycles. The van der Waals surface area contributed by atoms with E-state index in [0.29, 0.717) is 27.8 Å². The van der Waals surface area contributed by atoms with Crippen LogP contribution in [0.25, 0.3) is 22.3 Å². The predicted molar refractivity (Wildman–Crippen MR) is 165 cm³/mol. The average molecular weight is 603 g/mol. The number of fused-ring (bicyclic) bond motifs is 2. The molecular formula is C30H32F2N10S. The quantitative estimate of drug-likeness (QED) is 0.255. The smallest absolute Gasteiger partial charge is 0.229 e. The van der Waals surface area contributed by atoms with Crippen molar-refractivity contribution in [1.29, 1.82) is 0 Å². The Bertz CT molecular complexity index is 1800. The Labute approximate surface area is 253 Å². The lowest BCUT2D eigenvalue weighted by atomic mass is 10.1. The highest BCUT2D eigenvalue weighted by atomic mass is 32.1. The maximum Gasteiger partial charge on any atom is 0.229 e. The predicted octanol–water partition coefficient (Wildman–Crippen LogP) is 5.12. The van der Waals surface area contributed by atoms with E-state index in [4.69, 9.17) is 17.2 Å². The van der Waals surface area contributed by atoms with Gasteiger partial charge in [-0.15, -0.1) is 0 Å². The fourth-order valence-corrected chi connectivity index (χ4v) is 5.69. The summed E-state index contributed by atoms with van der Waals surface area (Å²) < 4.78 is 33.8. The first-order chi connectivity index (χ1) is 20.7. The number of aryl methyl sites for hydroxylation is 1. The number of hydrogen-bond donors (Lipinski definition) is 1. The largest absolute Gasteiger partial charge is 0.350 e. The van der Waals surface area contributed by atoms with Crippen molar-refractivity contribution in [2.75, 3.05) is 32.0 Å². The molecule has 0 fully saturated rings. The number of benzene rings is 1. The fraction of sp³-hybridized carbons (Fsp3) is 0.333. The van der Waals surface area contributed by atoms with Crippen LogP contribution in [0.5, 0.6) is 0 Å². The zero-order valence-corrected chi connectivity index (χ0v) is 25.2. The second kappa shape index (κ2) is 11.7. The van der Waals surface area contributed by atoms with Crippen molar-refractivity contribution in [3.63, 3.8) is 0 Å². The topological polar surface area (TPSA) is 92.8 Å². The molecule has 1 aliphatic heterocycles. The Morgan fingerprint density at radius 1 is 1.14 bits per heavy atom. The van der Waals surface area contributed by atoms with Crippen LogP contribution in [0.15, 0.2) is 49.2 Å².